The molecule has 1 aromatic carbocycles. The predicted octanol–water partition coefficient (Wildman–Crippen LogP) is 2.39. The lowest BCUT2D eigenvalue weighted by Gasteiger charge is -2.31. The van der Waals surface area contributed by atoms with Crippen LogP contribution < -0.4 is 9.47 Å². The molecular weight excluding hydrogens is 344 g/mol. The van der Waals surface area contributed by atoms with E-state index in [9.17, 15) is 5.11 Å². The van der Waals surface area contributed by atoms with Gasteiger partial charge in [-0.25, -0.2) is 0 Å². The zero-order chi connectivity index (χ0) is 19.6. The number of rotatable bonds is 11. The Balaban J connectivity index is 1.88. The topological polar surface area (TPSA) is 54.4 Å². The van der Waals surface area contributed by atoms with Crippen molar-refractivity contribution in [3.63, 3.8) is 0 Å². The molecule has 1 aliphatic rings. The van der Waals surface area contributed by atoms with Crippen molar-refractivity contribution in [3.05, 3.63) is 23.8 Å². The summed E-state index contributed by atoms with van der Waals surface area (Å²) in [5, 5.41) is 10.2. The Kier molecular flexibility index (Phi) is 9.34. The first-order valence-corrected chi connectivity index (χ1v) is 10.0. The molecule has 1 heterocycles. The van der Waals surface area contributed by atoms with E-state index in [2.05, 4.69) is 29.7 Å². The summed E-state index contributed by atoms with van der Waals surface area (Å²) >= 11 is 0. The summed E-state index contributed by atoms with van der Waals surface area (Å²) < 4.78 is 16.8. The fourth-order valence-corrected chi connectivity index (χ4v) is 3.51. The molecule has 154 valence electrons. The lowest BCUT2D eigenvalue weighted by Crippen LogP contribution is -2.36. The van der Waals surface area contributed by atoms with Gasteiger partial charge in [0.05, 0.1) is 13.2 Å². The predicted molar refractivity (Wildman–Crippen MR) is 108 cm³/mol. The second kappa shape index (κ2) is 11.5. The highest BCUT2D eigenvalue weighted by atomic mass is 16.5. The Morgan fingerprint density at radius 1 is 1.15 bits per heavy atom. The first-order chi connectivity index (χ1) is 13.1. The summed E-state index contributed by atoms with van der Waals surface area (Å²) in [6.45, 7) is 9.92. The Morgan fingerprint density at radius 2 is 1.85 bits per heavy atom. The lowest BCUT2D eigenvalue weighted by molar-refractivity contribution is 0.0388. The molecule has 0 saturated carbocycles. The number of ether oxygens (including phenoxy) is 3. The largest absolute Gasteiger partial charge is 0.493 e. The van der Waals surface area contributed by atoms with Gasteiger partial charge in [-0.15, -0.1) is 0 Å². The quantitative estimate of drug-likeness (QED) is 0.636. The van der Waals surface area contributed by atoms with Gasteiger partial charge in [-0.1, -0.05) is 19.9 Å². The standard InChI is InChI=1S/C21H36N2O4/c1-5-22(6-2)15-18(24)16-27-20-8-7-17(13-21(20)26-4)14-23-11-9-19(25-3)10-12-23/h7-8,13,18-19,24H,5-6,9-12,14-16H2,1-4H3. The third-order valence-electron chi connectivity index (χ3n) is 5.30. The maximum atomic E-state index is 10.2. The van der Waals surface area contributed by atoms with Gasteiger partial charge in [-0.2, -0.15) is 0 Å². The fourth-order valence-electron chi connectivity index (χ4n) is 3.51. The molecule has 1 aliphatic heterocycles. The number of likely N-dealkylation sites (tertiary alicyclic amines) is 1. The summed E-state index contributed by atoms with van der Waals surface area (Å²) in [7, 11) is 3.45. The van der Waals surface area contributed by atoms with E-state index in [-0.39, 0.29) is 6.61 Å². The van der Waals surface area contributed by atoms with Gasteiger partial charge in [0.1, 0.15) is 12.7 Å². The van der Waals surface area contributed by atoms with E-state index in [4.69, 9.17) is 14.2 Å². The molecule has 1 fully saturated rings. The number of hydrogen-bond acceptors (Lipinski definition) is 6. The Hall–Kier alpha value is -1.34. The van der Waals surface area contributed by atoms with Crippen molar-refractivity contribution >= 4 is 0 Å². The number of hydrogen-bond donors (Lipinski definition) is 1. The van der Waals surface area contributed by atoms with Gasteiger partial charge < -0.3 is 24.2 Å². The Morgan fingerprint density at radius 3 is 2.44 bits per heavy atom. The first-order valence-electron chi connectivity index (χ1n) is 10.0. The number of likely N-dealkylation sites (N-methyl/N-ethyl adjacent to an activating group) is 1. The smallest absolute Gasteiger partial charge is 0.161 e. The van der Waals surface area contributed by atoms with Crippen LogP contribution in [0.4, 0.5) is 0 Å². The molecule has 0 aliphatic carbocycles. The van der Waals surface area contributed by atoms with Crippen LogP contribution in [-0.2, 0) is 11.3 Å². The highest BCUT2D eigenvalue weighted by molar-refractivity contribution is 5.43. The van der Waals surface area contributed by atoms with Gasteiger partial charge in [-0.3, -0.25) is 4.90 Å². The maximum absolute atomic E-state index is 10.2. The number of aliphatic hydroxyl groups excluding tert-OH is 1. The summed E-state index contributed by atoms with van der Waals surface area (Å²) in [6.07, 6.45) is 2.05. The molecule has 1 atom stereocenters. The molecule has 1 saturated heterocycles. The van der Waals surface area contributed by atoms with Crippen molar-refractivity contribution in [3.8, 4) is 11.5 Å². The van der Waals surface area contributed by atoms with Crippen LogP contribution in [0.15, 0.2) is 18.2 Å². The van der Waals surface area contributed by atoms with E-state index >= 15 is 0 Å². The van der Waals surface area contributed by atoms with Gasteiger partial charge in [-0.05, 0) is 43.6 Å². The highest BCUT2D eigenvalue weighted by Gasteiger charge is 2.19. The second-order valence-electron chi connectivity index (χ2n) is 7.15. The van der Waals surface area contributed by atoms with Crippen molar-refractivity contribution in [2.75, 3.05) is 53.6 Å². The minimum absolute atomic E-state index is 0.261. The monoisotopic (exact) mass is 380 g/mol. The maximum Gasteiger partial charge on any atom is 0.161 e. The molecule has 0 spiro atoms. The highest BCUT2D eigenvalue weighted by Crippen LogP contribution is 2.29. The minimum Gasteiger partial charge on any atom is -0.493 e. The van der Waals surface area contributed by atoms with E-state index < -0.39 is 6.10 Å². The molecule has 1 unspecified atom stereocenters. The molecular formula is C21H36N2O4. The average molecular weight is 381 g/mol. The van der Waals surface area contributed by atoms with Crippen LogP contribution in [0, 0.1) is 0 Å². The zero-order valence-electron chi connectivity index (χ0n) is 17.3. The number of piperidine rings is 1. The SMILES string of the molecule is CCN(CC)CC(O)COc1ccc(CN2CCC(OC)CC2)cc1OC. The molecule has 27 heavy (non-hydrogen) atoms. The molecule has 6 heteroatoms. The van der Waals surface area contributed by atoms with Crippen LogP contribution in [0.2, 0.25) is 0 Å². The molecule has 1 aromatic rings. The van der Waals surface area contributed by atoms with Crippen LogP contribution in [0.3, 0.4) is 0 Å². The van der Waals surface area contributed by atoms with Crippen LogP contribution in [0.5, 0.6) is 11.5 Å². The van der Waals surface area contributed by atoms with Crippen LogP contribution >= 0.6 is 0 Å². The third kappa shape index (κ3) is 6.96. The van der Waals surface area contributed by atoms with Crippen LogP contribution in [0.1, 0.15) is 32.3 Å². The lowest BCUT2D eigenvalue weighted by atomic mass is 10.1. The van der Waals surface area contributed by atoms with Crippen molar-refractivity contribution in [1.82, 2.24) is 9.80 Å². The number of benzene rings is 1. The van der Waals surface area contributed by atoms with E-state index in [0.717, 1.165) is 45.6 Å². The van der Waals surface area contributed by atoms with Gasteiger partial charge in [0.2, 0.25) is 0 Å². The first kappa shape index (κ1) is 22.0. The van der Waals surface area contributed by atoms with Gasteiger partial charge in [0.15, 0.2) is 11.5 Å². The second-order valence-corrected chi connectivity index (χ2v) is 7.15. The van der Waals surface area contributed by atoms with Gasteiger partial charge in [0.25, 0.3) is 0 Å². The normalized spacial score (nSPS) is 17.3. The van der Waals surface area contributed by atoms with E-state index in [0.29, 0.717) is 24.1 Å². The average Bonchev–Trinajstić information content (AvgIpc) is 2.71. The summed E-state index contributed by atoms with van der Waals surface area (Å²) in [5.74, 6) is 1.40. The molecule has 0 aromatic heterocycles. The molecule has 1 N–H and O–H groups in total. The Bertz CT molecular complexity index is 543. The van der Waals surface area contributed by atoms with E-state index in [1.165, 1.54) is 5.56 Å². The molecule has 0 amide bonds. The molecule has 2 rings (SSSR count). The minimum atomic E-state index is -0.517. The van der Waals surface area contributed by atoms with Crippen LogP contribution in [-0.4, -0.2) is 80.7 Å². The van der Waals surface area contributed by atoms with E-state index in [1.807, 2.05) is 12.1 Å². The van der Waals surface area contributed by atoms with E-state index in [1.54, 1.807) is 14.2 Å². The van der Waals surface area contributed by atoms with Crippen molar-refractivity contribution < 1.29 is 19.3 Å². The Labute approximate surface area is 164 Å². The van der Waals surface area contributed by atoms with Crippen molar-refractivity contribution in [1.29, 1.82) is 0 Å². The molecule has 6 nitrogen and oxygen atoms in total. The summed E-state index contributed by atoms with van der Waals surface area (Å²) in [6, 6.07) is 6.06. The van der Waals surface area contributed by atoms with Gasteiger partial charge >= 0.3 is 0 Å². The number of nitrogens with zero attached hydrogens (tertiary/aromatic N) is 2. The fraction of sp³-hybridized carbons (Fsp3) is 0.714. The third-order valence-corrected chi connectivity index (χ3v) is 5.30. The van der Waals surface area contributed by atoms with Crippen molar-refractivity contribution in [2.45, 2.75) is 45.4 Å². The zero-order valence-corrected chi connectivity index (χ0v) is 17.3. The molecule has 0 radical (unpaired) electrons. The summed E-state index contributed by atoms with van der Waals surface area (Å²) in [4.78, 5) is 4.62. The number of aliphatic hydroxyl groups is 1. The number of methoxy groups -OCH3 is 2. The van der Waals surface area contributed by atoms with Crippen LogP contribution in [0.25, 0.3) is 0 Å². The van der Waals surface area contributed by atoms with Gasteiger partial charge in [0, 0.05) is 33.3 Å². The molecule has 0 bridgehead atoms. The summed E-state index contributed by atoms with van der Waals surface area (Å²) in [5.41, 5.74) is 1.21. The van der Waals surface area contributed by atoms with Crippen molar-refractivity contribution in [2.24, 2.45) is 0 Å².